The summed E-state index contributed by atoms with van der Waals surface area (Å²) in [7, 11) is 0. The number of benzene rings is 2. The maximum atomic E-state index is 12.8. The molecule has 2 aromatic carbocycles. The third-order valence-electron chi connectivity index (χ3n) is 5.31. The minimum atomic E-state index is -0.387. The Bertz CT molecular complexity index is 1330. The number of thioether (sulfide) groups is 1. The zero-order valence-corrected chi connectivity index (χ0v) is 19.0. The minimum absolute atomic E-state index is 0.00608. The summed E-state index contributed by atoms with van der Waals surface area (Å²) >= 11 is 1.37. The number of fused-ring (bicyclic) bond motifs is 3. The highest BCUT2D eigenvalue weighted by Gasteiger charge is 2.20. The first-order valence-electron chi connectivity index (χ1n) is 10.1. The molecule has 4 aromatic rings. The summed E-state index contributed by atoms with van der Waals surface area (Å²) in [5, 5.41) is 13.1. The molecule has 1 amide bonds. The van der Waals surface area contributed by atoms with Gasteiger partial charge in [0.05, 0.1) is 10.8 Å². The van der Waals surface area contributed by atoms with Crippen LogP contribution < -0.4 is 5.32 Å². The van der Waals surface area contributed by atoms with Gasteiger partial charge in [-0.2, -0.15) is 0 Å². The first-order chi connectivity index (χ1) is 14.7. The summed E-state index contributed by atoms with van der Waals surface area (Å²) in [6.07, 6.45) is 0. The maximum absolute atomic E-state index is 12.8. The largest absolute Gasteiger partial charge is 0.325 e. The molecule has 0 saturated carbocycles. The summed E-state index contributed by atoms with van der Waals surface area (Å²) < 4.78 is 2.03. The Kier molecular flexibility index (Phi) is 5.54. The third kappa shape index (κ3) is 4.05. The van der Waals surface area contributed by atoms with Crippen LogP contribution in [-0.4, -0.2) is 31.5 Å². The molecule has 158 valence electrons. The van der Waals surface area contributed by atoms with E-state index in [2.05, 4.69) is 48.4 Å². The number of pyridine rings is 1. The van der Waals surface area contributed by atoms with Crippen LogP contribution in [0.3, 0.4) is 0 Å². The number of Topliss-reactive ketones (excluding diaryl/α,β-unsaturated/α-hetero) is 1. The summed E-state index contributed by atoms with van der Waals surface area (Å²) in [5.41, 5.74) is 6.61. The second kappa shape index (κ2) is 8.15. The van der Waals surface area contributed by atoms with E-state index in [1.54, 1.807) is 24.3 Å². The maximum Gasteiger partial charge on any atom is 0.237 e. The van der Waals surface area contributed by atoms with Crippen molar-refractivity contribution >= 4 is 45.7 Å². The smallest absolute Gasteiger partial charge is 0.237 e. The molecule has 6 nitrogen and oxygen atoms in total. The minimum Gasteiger partial charge on any atom is -0.325 e. The van der Waals surface area contributed by atoms with Gasteiger partial charge in [-0.25, -0.2) is 0 Å². The van der Waals surface area contributed by atoms with Crippen LogP contribution in [-0.2, 0) is 4.79 Å². The molecule has 0 aliphatic heterocycles. The highest BCUT2D eigenvalue weighted by atomic mass is 32.2. The third-order valence-corrected chi connectivity index (χ3v) is 6.35. The molecule has 1 N–H and O–H groups in total. The molecular weight excluding hydrogens is 408 g/mol. The van der Waals surface area contributed by atoms with Gasteiger partial charge in [0.15, 0.2) is 16.6 Å². The highest BCUT2D eigenvalue weighted by Crippen LogP contribution is 2.30. The Hall–Kier alpha value is -3.19. The molecule has 2 heterocycles. The highest BCUT2D eigenvalue weighted by molar-refractivity contribution is 8.00. The van der Waals surface area contributed by atoms with Crippen molar-refractivity contribution in [2.75, 3.05) is 5.32 Å². The fourth-order valence-corrected chi connectivity index (χ4v) is 4.59. The summed E-state index contributed by atoms with van der Waals surface area (Å²) in [6.45, 7) is 9.62. The number of carbonyl (C=O) groups excluding carboxylic acids is 2. The lowest BCUT2D eigenvalue weighted by Crippen LogP contribution is -2.22. The van der Waals surface area contributed by atoms with E-state index in [4.69, 9.17) is 0 Å². The van der Waals surface area contributed by atoms with Crippen LogP contribution in [0, 0.1) is 20.8 Å². The summed E-state index contributed by atoms with van der Waals surface area (Å²) in [4.78, 5) is 24.2. The van der Waals surface area contributed by atoms with Gasteiger partial charge in [-0.3, -0.25) is 14.0 Å². The lowest BCUT2D eigenvalue weighted by atomic mass is 10.0. The van der Waals surface area contributed by atoms with Crippen molar-refractivity contribution < 1.29 is 9.59 Å². The summed E-state index contributed by atoms with van der Waals surface area (Å²) in [5.74, 6) is -0.144. The lowest BCUT2D eigenvalue weighted by Gasteiger charge is -2.14. The van der Waals surface area contributed by atoms with Crippen molar-refractivity contribution in [1.82, 2.24) is 14.6 Å². The number of anilines is 1. The van der Waals surface area contributed by atoms with E-state index in [9.17, 15) is 9.59 Å². The van der Waals surface area contributed by atoms with Crippen molar-refractivity contribution in [3.05, 3.63) is 64.7 Å². The standard InChI is InChI=1S/C24H24N4O2S/c1-13-10-15(3)22-20(11-13)14(2)12-21-26-27-24(28(21)22)31-17(5)23(30)25-19-8-6-18(7-9-19)16(4)29/h6-12,17H,1-5H3,(H,25,30). The first kappa shape index (κ1) is 21.1. The average Bonchev–Trinajstić information content (AvgIpc) is 3.10. The Balaban J connectivity index is 1.63. The number of nitrogens with one attached hydrogen (secondary N) is 1. The van der Waals surface area contributed by atoms with Crippen LogP contribution in [0.15, 0.2) is 47.6 Å². The van der Waals surface area contributed by atoms with E-state index in [1.165, 1.54) is 24.2 Å². The second-order valence-corrected chi connectivity index (χ2v) is 9.17. The van der Waals surface area contributed by atoms with Gasteiger partial charge in [0.25, 0.3) is 0 Å². The van der Waals surface area contributed by atoms with Gasteiger partial charge in [-0.15, -0.1) is 10.2 Å². The number of ketones is 1. The zero-order valence-electron chi connectivity index (χ0n) is 18.2. The molecule has 0 radical (unpaired) electrons. The Labute approximate surface area is 185 Å². The molecule has 0 spiro atoms. The number of hydrogen-bond acceptors (Lipinski definition) is 5. The predicted molar refractivity (Wildman–Crippen MR) is 125 cm³/mol. The van der Waals surface area contributed by atoms with Crippen molar-refractivity contribution in [1.29, 1.82) is 0 Å². The number of nitrogens with zero attached hydrogens (tertiary/aromatic N) is 3. The van der Waals surface area contributed by atoms with Crippen LogP contribution in [0.5, 0.6) is 0 Å². The second-order valence-electron chi connectivity index (χ2n) is 7.86. The van der Waals surface area contributed by atoms with E-state index in [-0.39, 0.29) is 16.9 Å². The Morgan fingerprint density at radius 1 is 1.00 bits per heavy atom. The fraction of sp³-hybridized carbons (Fsp3) is 0.250. The summed E-state index contributed by atoms with van der Waals surface area (Å²) in [6, 6.07) is 13.2. The predicted octanol–water partition coefficient (Wildman–Crippen LogP) is 5.13. The molecule has 0 fully saturated rings. The van der Waals surface area contributed by atoms with E-state index in [1.807, 2.05) is 17.4 Å². The molecule has 0 aliphatic rings. The molecule has 31 heavy (non-hydrogen) atoms. The van der Waals surface area contributed by atoms with Gasteiger partial charge in [0.1, 0.15) is 0 Å². The van der Waals surface area contributed by atoms with Crippen LogP contribution in [0.4, 0.5) is 5.69 Å². The monoisotopic (exact) mass is 432 g/mol. The number of aryl methyl sites for hydroxylation is 3. The van der Waals surface area contributed by atoms with E-state index in [0.29, 0.717) is 16.4 Å². The molecule has 0 bridgehead atoms. The van der Waals surface area contributed by atoms with Crippen LogP contribution in [0.1, 0.15) is 40.9 Å². The van der Waals surface area contributed by atoms with Gasteiger partial charge in [-0.05, 0) is 82.1 Å². The molecule has 1 unspecified atom stereocenters. The van der Waals surface area contributed by atoms with Crippen LogP contribution in [0.2, 0.25) is 0 Å². The molecule has 0 saturated heterocycles. The normalized spacial score (nSPS) is 12.3. The van der Waals surface area contributed by atoms with Gasteiger partial charge < -0.3 is 5.32 Å². The first-order valence-corrected chi connectivity index (χ1v) is 11.0. The molecule has 1 atom stereocenters. The van der Waals surface area contributed by atoms with Crippen molar-refractivity contribution in [3.8, 4) is 0 Å². The van der Waals surface area contributed by atoms with Crippen LogP contribution in [0.25, 0.3) is 16.6 Å². The van der Waals surface area contributed by atoms with E-state index >= 15 is 0 Å². The van der Waals surface area contributed by atoms with Gasteiger partial charge >= 0.3 is 0 Å². The molecule has 4 rings (SSSR count). The fourth-order valence-electron chi connectivity index (χ4n) is 3.73. The number of aromatic nitrogens is 3. The number of amides is 1. The number of rotatable bonds is 5. The number of carbonyl (C=O) groups is 2. The van der Waals surface area contributed by atoms with Crippen molar-refractivity contribution in [2.24, 2.45) is 0 Å². The SMILES string of the molecule is CC(=O)c1ccc(NC(=O)C(C)Sc2nnc3cc(C)c4cc(C)cc(C)c4n23)cc1. The average molecular weight is 433 g/mol. The molecule has 2 aromatic heterocycles. The molecular formula is C24H24N4O2S. The Morgan fingerprint density at radius 2 is 1.71 bits per heavy atom. The quantitative estimate of drug-likeness (QED) is 0.349. The van der Waals surface area contributed by atoms with Gasteiger partial charge in [-0.1, -0.05) is 23.4 Å². The topological polar surface area (TPSA) is 76.4 Å². The van der Waals surface area contributed by atoms with Gasteiger partial charge in [0.2, 0.25) is 5.91 Å². The van der Waals surface area contributed by atoms with E-state index in [0.717, 1.165) is 27.7 Å². The Morgan fingerprint density at radius 3 is 2.39 bits per heavy atom. The van der Waals surface area contributed by atoms with Gasteiger partial charge in [0, 0.05) is 16.6 Å². The lowest BCUT2D eigenvalue weighted by molar-refractivity contribution is -0.115. The molecule has 0 aliphatic carbocycles. The van der Waals surface area contributed by atoms with E-state index < -0.39 is 0 Å². The zero-order chi connectivity index (χ0) is 22.3. The molecule has 7 heteroatoms. The van der Waals surface area contributed by atoms with Crippen LogP contribution >= 0.6 is 11.8 Å². The van der Waals surface area contributed by atoms with Crippen molar-refractivity contribution in [3.63, 3.8) is 0 Å². The number of hydrogen-bond donors (Lipinski definition) is 1. The van der Waals surface area contributed by atoms with Crippen molar-refractivity contribution in [2.45, 2.75) is 45.0 Å².